The summed E-state index contributed by atoms with van der Waals surface area (Å²) in [6.07, 6.45) is 2.68. The fraction of sp³-hybridized carbons (Fsp3) is 0.550. The number of fused-ring (bicyclic) bond motifs is 1. The molecule has 0 aromatic heterocycles. The van der Waals surface area contributed by atoms with E-state index in [9.17, 15) is 14.4 Å². The summed E-state index contributed by atoms with van der Waals surface area (Å²) in [5, 5.41) is 2.89. The van der Waals surface area contributed by atoms with Crippen LogP contribution in [-0.2, 0) is 14.3 Å². The Morgan fingerprint density at radius 3 is 2.71 bits per heavy atom. The molecule has 2 aliphatic rings. The van der Waals surface area contributed by atoms with Crippen LogP contribution in [0.2, 0.25) is 0 Å². The molecule has 2 aliphatic heterocycles. The molecule has 8 nitrogen and oxygen atoms in total. The summed E-state index contributed by atoms with van der Waals surface area (Å²) in [7, 11) is 2.91. The van der Waals surface area contributed by atoms with Crippen LogP contribution in [0.1, 0.15) is 61.2 Å². The molecule has 8 heteroatoms. The molecule has 1 aromatic carbocycles. The minimum atomic E-state index is -0.941. The molecule has 0 aliphatic carbocycles. The van der Waals surface area contributed by atoms with Crippen molar-refractivity contribution < 1.29 is 28.6 Å². The van der Waals surface area contributed by atoms with E-state index in [1.165, 1.54) is 19.1 Å². The van der Waals surface area contributed by atoms with Gasteiger partial charge in [0.05, 0.1) is 14.2 Å². The zero-order valence-electron chi connectivity index (χ0n) is 16.4. The van der Waals surface area contributed by atoms with Crippen LogP contribution in [0.15, 0.2) is 12.1 Å². The van der Waals surface area contributed by atoms with Crippen molar-refractivity contribution in [2.75, 3.05) is 20.8 Å². The Labute approximate surface area is 164 Å². The van der Waals surface area contributed by atoms with Crippen LogP contribution >= 0.6 is 0 Å². The third-order valence-electron chi connectivity index (χ3n) is 5.16. The quantitative estimate of drug-likeness (QED) is 0.540. The number of cyclic esters (lactones) is 1. The van der Waals surface area contributed by atoms with Crippen molar-refractivity contribution in [3.63, 3.8) is 0 Å². The molecule has 28 heavy (non-hydrogen) atoms. The Morgan fingerprint density at radius 2 is 2.04 bits per heavy atom. The van der Waals surface area contributed by atoms with Crippen molar-refractivity contribution in [1.29, 1.82) is 0 Å². The molecule has 0 spiro atoms. The topological polar surface area (TPSA) is 94.2 Å². The van der Waals surface area contributed by atoms with Crippen molar-refractivity contribution >= 4 is 17.8 Å². The van der Waals surface area contributed by atoms with Crippen LogP contribution in [0.5, 0.6) is 11.5 Å². The molecule has 3 rings (SSSR count). The molecular formula is C20H26N2O6. The summed E-state index contributed by atoms with van der Waals surface area (Å²) in [6.45, 7) is 2.66. The standard InChI is InChI=1S/C20H26N2O6/c1-4-5-6-11-21-18(24)13-8-10-15(23)22(13)19-12-7-9-14(26-2)17(27-3)16(12)20(25)28-19/h7,9,13,19H,4-6,8,10-11H2,1-3H3,(H,21,24)/t13-,19-/m0/s1. The van der Waals surface area contributed by atoms with Crippen LogP contribution in [-0.4, -0.2) is 49.5 Å². The van der Waals surface area contributed by atoms with Crippen LogP contribution < -0.4 is 14.8 Å². The number of likely N-dealkylation sites (tertiary alicyclic amines) is 1. The number of rotatable bonds is 8. The van der Waals surface area contributed by atoms with Crippen molar-refractivity contribution in [3.05, 3.63) is 23.3 Å². The van der Waals surface area contributed by atoms with E-state index in [-0.39, 0.29) is 29.5 Å². The minimum Gasteiger partial charge on any atom is -0.493 e. The molecular weight excluding hydrogens is 364 g/mol. The summed E-state index contributed by atoms with van der Waals surface area (Å²) >= 11 is 0. The first-order valence-corrected chi connectivity index (χ1v) is 9.58. The maximum absolute atomic E-state index is 12.6. The third-order valence-corrected chi connectivity index (χ3v) is 5.16. The van der Waals surface area contributed by atoms with Gasteiger partial charge in [-0.15, -0.1) is 0 Å². The average Bonchev–Trinajstić information content (AvgIpc) is 3.24. The van der Waals surface area contributed by atoms with Gasteiger partial charge in [0.25, 0.3) is 0 Å². The number of nitrogens with zero attached hydrogens (tertiary/aromatic N) is 1. The van der Waals surface area contributed by atoms with Crippen molar-refractivity contribution in [3.8, 4) is 11.5 Å². The number of nitrogens with one attached hydrogen (secondary N) is 1. The Morgan fingerprint density at radius 1 is 1.25 bits per heavy atom. The number of unbranched alkanes of at least 4 members (excludes halogenated alkanes) is 2. The molecule has 2 heterocycles. The zero-order chi connectivity index (χ0) is 20.3. The van der Waals surface area contributed by atoms with E-state index in [1.807, 2.05) is 0 Å². The summed E-state index contributed by atoms with van der Waals surface area (Å²) in [5.74, 6) is -0.366. The number of hydrogen-bond acceptors (Lipinski definition) is 6. The highest BCUT2D eigenvalue weighted by Crippen LogP contribution is 2.45. The predicted octanol–water partition coefficient (Wildman–Crippen LogP) is 2.17. The van der Waals surface area contributed by atoms with Crippen molar-refractivity contribution in [1.82, 2.24) is 10.2 Å². The molecule has 2 atom stereocenters. The number of carbonyl (C=O) groups excluding carboxylic acids is 3. The lowest BCUT2D eigenvalue weighted by atomic mass is 10.1. The van der Waals surface area contributed by atoms with E-state index < -0.39 is 18.2 Å². The minimum absolute atomic E-state index is 0.214. The number of carbonyl (C=O) groups is 3. The van der Waals surface area contributed by atoms with Gasteiger partial charge >= 0.3 is 5.97 Å². The SMILES string of the molecule is CCCCCNC(=O)[C@@H]1CCC(=O)N1[C@H]1OC(=O)c2c1ccc(OC)c2OC. The number of methoxy groups -OCH3 is 2. The average molecular weight is 390 g/mol. The van der Waals surface area contributed by atoms with Crippen LogP contribution in [0.4, 0.5) is 0 Å². The van der Waals surface area contributed by atoms with Crippen LogP contribution in [0, 0.1) is 0 Å². The Kier molecular flexibility index (Phi) is 6.06. The van der Waals surface area contributed by atoms with Gasteiger partial charge in [0, 0.05) is 18.5 Å². The molecule has 152 valence electrons. The molecule has 1 fully saturated rings. The zero-order valence-corrected chi connectivity index (χ0v) is 16.4. The highest BCUT2D eigenvalue weighted by Gasteiger charge is 2.47. The van der Waals surface area contributed by atoms with E-state index in [1.54, 1.807) is 12.1 Å². The Balaban J connectivity index is 1.86. The number of amides is 2. The number of benzene rings is 1. The first kappa shape index (κ1) is 20.0. The van der Waals surface area contributed by atoms with Gasteiger partial charge < -0.3 is 19.5 Å². The Hall–Kier alpha value is -2.77. The highest BCUT2D eigenvalue weighted by molar-refractivity contribution is 5.99. The Bertz CT molecular complexity index is 778. The number of esters is 1. The fourth-order valence-corrected chi connectivity index (χ4v) is 3.75. The summed E-state index contributed by atoms with van der Waals surface area (Å²) < 4.78 is 16.1. The van der Waals surface area contributed by atoms with Gasteiger partial charge in [0.15, 0.2) is 11.5 Å². The largest absolute Gasteiger partial charge is 0.493 e. The van der Waals surface area contributed by atoms with Gasteiger partial charge in [-0.05, 0) is 25.0 Å². The number of ether oxygens (including phenoxy) is 3. The smallest absolute Gasteiger partial charge is 0.344 e. The van der Waals surface area contributed by atoms with E-state index in [0.29, 0.717) is 24.3 Å². The summed E-state index contributed by atoms with van der Waals surface area (Å²) in [6, 6.07) is 2.67. The monoisotopic (exact) mass is 390 g/mol. The van der Waals surface area contributed by atoms with Gasteiger partial charge in [-0.1, -0.05) is 19.8 Å². The fourth-order valence-electron chi connectivity index (χ4n) is 3.75. The molecule has 1 saturated heterocycles. The lowest BCUT2D eigenvalue weighted by molar-refractivity contribution is -0.145. The maximum Gasteiger partial charge on any atom is 0.344 e. The van der Waals surface area contributed by atoms with E-state index in [4.69, 9.17) is 14.2 Å². The second kappa shape index (κ2) is 8.50. The van der Waals surface area contributed by atoms with Crippen molar-refractivity contribution in [2.45, 2.75) is 51.3 Å². The second-order valence-corrected chi connectivity index (χ2v) is 6.88. The predicted molar refractivity (Wildman–Crippen MR) is 100 cm³/mol. The van der Waals surface area contributed by atoms with Gasteiger partial charge in [-0.3, -0.25) is 14.5 Å². The molecule has 0 radical (unpaired) electrons. The first-order valence-electron chi connectivity index (χ1n) is 9.58. The van der Waals surface area contributed by atoms with E-state index in [0.717, 1.165) is 19.3 Å². The lowest BCUT2D eigenvalue weighted by Gasteiger charge is -2.29. The molecule has 2 amide bonds. The van der Waals surface area contributed by atoms with Gasteiger partial charge in [0.2, 0.25) is 18.0 Å². The first-order chi connectivity index (χ1) is 13.5. The van der Waals surface area contributed by atoms with Gasteiger partial charge in [-0.25, -0.2) is 4.79 Å². The maximum atomic E-state index is 12.6. The second-order valence-electron chi connectivity index (χ2n) is 6.88. The molecule has 1 aromatic rings. The van der Waals surface area contributed by atoms with Crippen LogP contribution in [0.25, 0.3) is 0 Å². The number of hydrogen-bond donors (Lipinski definition) is 1. The molecule has 0 unspecified atom stereocenters. The van der Waals surface area contributed by atoms with Gasteiger partial charge in [0.1, 0.15) is 11.6 Å². The normalized spacial score (nSPS) is 20.8. The third kappa shape index (κ3) is 3.50. The highest BCUT2D eigenvalue weighted by atomic mass is 16.6. The van der Waals surface area contributed by atoms with Crippen LogP contribution in [0.3, 0.4) is 0 Å². The molecule has 0 saturated carbocycles. The van der Waals surface area contributed by atoms with E-state index in [2.05, 4.69) is 12.2 Å². The summed E-state index contributed by atoms with van der Waals surface area (Å²) in [4.78, 5) is 39.1. The van der Waals surface area contributed by atoms with E-state index >= 15 is 0 Å². The molecule has 1 N–H and O–H groups in total. The van der Waals surface area contributed by atoms with Gasteiger partial charge in [-0.2, -0.15) is 0 Å². The van der Waals surface area contributed by atoms with Crippen molar-refractivity contribution in [2.24, 2.45) is 0 Å². The lowest BCUT2D eigenvalue weighted by Crippen LogP contribution is -2.46. The summed E-state index contributed by atoms with van der Waals surface area (Å²) in [5.41, 5.74) is 0.732. The molecule has 0 bridgehead atoms.